The molecule has 174 valence electrons. The molecular weight excluding hydrogens is 441 g/mol. The molecule has 1 fully saturated rings. The smallest absolute Gasteiger partial charge is 0.416 e. The molecule has 4 nitrogen and oxygen atoms in total. The Morgan fingerprint density at radius 3 is 2.41 bits per heavy atom. The number of alkyl halides is 3. The number of nitrogens with one attached hydrogen (secondary N) is 1. The summed E-state index contributed by atoms with van der Waals surface area (Å²) in [7, 11) is 4.45. The Morgan fingerprint density at radius 1 is 1.12 bits per heavy atom. The van der Waals surface area contributed by atoms with Gasteiger partial charge in [0.15, 0.2) is 0 Å². The number of ether oxygens (including phenoxy) is 1. The lowest BCUT2D eigenvalue weighted by atomic mass is 10.0. The van der Waals surface area contributed by atoms with E-state index in [1.807, 2.05) is 24.3 Å². The highest BCUT2D eigenvalue weighted by molar-refractivity contribution is 6.01. The molecular formula is C24H28ClF3N2O2. The Morgan fingerprint density at radius 2 is 1.78 bits per heavy atom. The number of quaternary nitrogens is 1. The highest BCUT2D eigenvalue weighted by atomic mass is 35.5. The third-order valence-electron chi connectivity index (χ3n) is 5.63. The summed E-state index contributed by atoms with van der Waals surface area (Å²) in [5.74, 6) is -0.400. The number of anilines is 1. The van der Waals surface area contributed by atoms with E-state index in [1.165, 1.54) is 29.8 Å². The first kappa shape index (κ1) is 25.9. The molecule has 1 N–H and O–H groups in total. The fraction of sp³-hybridized carbons (Fsp3) is 0.375. The van der Waals surface area contributed by atoms with E-state index in [4.69, 9.17) is 4.74 Å². The van der Waals surface area contributed by atoms with Gasteiger partial charge in [0.25, 0.3) is 0 Å². The van der Waals surface area contributed by atoms with Crippen LogP contribution in [-0.4, -0.2) is 43.7 Å². The van der Waals surface area contributed by atoms with E-state index < -0.39 is 17.6 Å². The average Bonchev–Trinajstić information content (AvgIpc) is 2.74. The van der Waals surface area contributed by atoms with Crippen LogP contribution in [0.15, 0.2) is 54.6 Å². The van der Waals surface area contributed by atoms with Gasteiger partial charge in [0.2, 0.25) is 5.91 Å². The van der Waals surface area contributed by atoms with Crippen molar-refractivity contribution in [2.75, 3.05) is 32.6 Å². The third kappa shape index (κ3) is 7.36. The second-order valence-corrected chi connectivity index (χ2v) is 8.42. The van der Waals surface area contributed by atoms with Gasteiger partial charge in [-0.2, -0.15) is 13.2 Å². The van der Waals surface area contributed by atoms with Crippen molar-refractivity contribution in [3.8, 4) is 0 Å². The molecule has 0 radical (unpaired) electrons. The highest BCUT2D eigenvalue weighted by Gasteiger charge is 2.31. The van der Waals surface area contributed by atoms with Crippen LogP contribution >= 0.6 is 0 Å². The van der Waals surface area contributed by atoms with Crippen LogP contribution in [0.2, 0.25) is 0 Å². The number of nitrogens with zero attached hydrogens (tertiary/aromatic N) is 1. The monoisotopic (exact) mass is 468 g/mol. The van der Waals surface area contributed by atoms with Crippen molar-refractivity contribution in [3.63, 3.8) is 0 Å². The van der Waals surface area contributed by atoms with Gasteiger partial charge < -0.3 is 26.9 Å². The van der Waals surface area contributed by atoms with Gasteiger partial charge >= 0.3 is 6.18 Å². The number of carbonyl (C=O) groups is 1. The number of hydrogen-bond donors (Lipinski definition) is 1. The molecule has 1 aliphatic rings. The summed E-state index contributed by atoms with van der Waals surface area (Å²) in [6, 6.07) is 13.1. The summed E-state index contributed by atoms with van der Waals surface area (Å²) in [6.45, 7) is 2.50. The van der Waals surface area contributed by atoms with E-state index in [9.17, 15) is 18.0 Å². The first-order valence-corrected chi connectivity index (χ1v) is 10.3. The second-order valence-electron chi connectivity index (χ2n) is 8.42. The topological polar surface area (TPSA) is 38.3 Å². The molecule has 0 bridgehead atoms. The molecule has 2 aromatic carbocycles. The minimum absolute atomic E-state index is 0. The molecule has 2 aromatic rings. The van der Waals surface area contributed by atoms with Crippen LogP contribution in [0, 0.1) is 0 Å². The van der Waals surface area contributed by atoms with Crippen molar-refractivity contribution in [2.24, 2.45) is 0 Å². The van der Waals surface area contributed by atoms with Gasteiger partial charge in [0, 0.05) is 30.2 Å². The molecule has 0 spiro atoms. The summed E-state index contributed by atoms with van der Waals surface area (Å²) in [5.41, 5.74) is 1.38. The maximum Gasteiger partial charge on any atom is 0.416 e. The van der Waals surface area contributed by atoms with Gasteiger partial charge in [-0.15, -0.1) is 0 Å². The lowest BCUT2D eigenvalue weighted by Crippen LogP contribution is -3.00. The summed E-state index contributed by atoms with van der Waals surface area (Å²) in [6.07, 6.45) is 0.298. The number of amides is 1. The van der Waals surface area contributed by atoms with E-state index in [0.29, 0.717) is 17.3 Å². The van der Waals surface area contributed by atoms with Crippen molar-refractivity contribution in [1.29, 1.82) is 0 Å². The van der Waals surface area contributed by atoms with Crippen LogP contribution in [-0.2, 0) is 22.3 Å². The van der Waals surface area contributed by atoms with E-state index in [1.54, 1.807) is 0 Å². The maximum absolute atomic E-state index is 12.8. The van der Waals surface area contributed by atoms with Crippen molar-refractivity contribution in [1.82, 2.24) is 0 Å². The summed E-state index contributed by atoms with van der Waals surface area (Å²) >= 11 is 0. The largest absolute Gasteiger partial charge is 1.00 e. The van der Waals surface area contributed by atoms with Gasteiger partial charge in [-0.05, 0) is 35.9 Å². The van der Waals surface area contributed by atoms with Crippen LogP contribution in [0.3, 0.4) is 0 Å². The molecule has 1 amide bonds. The summed E-state index contributed by atoms with van der Waals surface area (Å²) in [4.78, 5) is 12.2. The molecule has 1 heterocycles. The number of rotatable bonds is 6. The molecule has 32 heavy (non-hydrogen) atoms. The van der Waals surface area contributed by atoms with Gasteiger partial charge in [-0.25, -0.2) is 0 Å². The standard InChI is InChI=1S/C24H27F3N2O2.ClH/c1-29(2,22-12-14-31-15-13-22)17-19-6-9-21(10-7-19)28-23(30)11-8-18-4-3-5-20(16-18)24(25,26)27;/h3-11,16,22H,12-15,17H2,1-2H3;1H. The molecule has 1 saturated heterocycles. The zero-order valence-corrected chi connectivity index (χ0v) is 18.9. The summed E-state index contributed by atoms with van der Waals surface area (Å²) in [5, 5.41) is 2.74. The van der Waals surface area contributed by atoms with Crippen molar-refractivity contribution in [2.45, 2.75) is 31.6 Å². The predicted molar refractivity (Wildman–Crippen MR) is 115 cm³/mol. The average molecular weight is 469 g/mol. The first-order valence-electron chi connectivity index (χ1n) is 10.3. The van der Waals surface area contributed by atoms with Crippen molar-refractivity contribution < 1.29 is 39.6 Å². The number of carbonyl (C=O) groups excluding carboxylic acids is 1. The molecule has 0 aliphatic carbocycles. The minimum atomic E-state index is -4.41. The lowest BCUT2D eigenvalue weighted by Gasteiger charge is -2.40. The van der Waals surface area contributed by atoms with Crippen LogP contribution in [0.1, 0.15) is 29.5 Å². The quantitative estimate of drug-likeness (QED) is 0.521. The van der Waals surface area contributed by atoms with Crippen molar-refractivity contribution >= 4 is 17.7 Å². The van der Waals surface area contributed by atoms with Gasteiger partial charge in [-0.1, -0.05) is 24.3 Å². The van der Waals surface area contributed by atoms with Gasteiger partial charge in [-0.3, -0.25) is 4.79 Å². The SMILES string of the molecule is C[N+](C)(Cc1ccc(NC(=O)C=Cc2cccc(C(F)(F)F)c2)cc1)C1CCOCC1.[Cl-]. The zero-order valence-electron chi connectivity index (χ0n) is 18.2. The van der Waals surface area contributed by atoms with E-state index in [2.05, 4.69) is 19.4 Å². The minimum Gasteiger partial charge on any atom is -1.00 e. The molecule has 0 atom stereocenters. The van der Waals surface area contributed by atoms with E-state index >= 15 is 0 Å². The van der Waals surface area contributed by atoms with E-state index in [0.717, 1.165) is 49.2 Å². The Balaban J connectivity index is 0.00000363. The fourth-order valence-corrected chi connectivity index (χ4v) is 3.85. The zero-order chi connectivity index (χ0) is 22.5. The molecule has 3 rings (SSSR count). The Hall–Kier alpha value is -2.35. The third-order valence-corrected chi connectivity index (χ3v) is 5.63. The van der Waals surface area contributed by atoms with Crippen LogP contribution in [0.4, 0.5) is 18.9 Å². The normalized spacial score (nSPS) is 15.4. The Kier molecular flexibility index (Phi) is 8.89. The van der Waals surface area contributed by atoms with Crippen LogP contribution in [0.5, 0.6) is 0 Å². The van der Waals surface area contributed by atoms with Crippen LogP contribution in [0.25, 0.3) is 6.08 Å². The summed E-state index contributed by atoms with van der Waals surface area (Å²) < 4.78 is 44.7. The Labute approximate surface area is 193 Å². The molecule has 8 heteroatoms. The molecule has 0 saturated carbocycles. The van der Waals surface area contributed by atoms with Gasteiger partial charge in [0.1, 0.15) is 6.54 Å². The molecule has 1 aliphatic heterocycles. The Bertz CT molecular complexity index is 922. The van der Waals surface area contributed by atoms with E-state index in [-0.39, 0.29) is 12.4 Å². The lowest BCUT2D eigenvalue weighted by molar-refractivity contribution is -0.929. The molecule has 0 aromatic heterocycles. The highest BCUT2D eigenvalue weighted by Crippen LogP contribution is 2.29. The number of halogens is 4. The maximum atomic E-state index is 12.8. The number of hydrogen-bond acceptors (Lipinski definition) is 2. The fourth-order valence-electron chi connectivity index (χ4n) is 3.85. The second kappa shape index (κ2) is 11.0. The van der Waals surface area contributed by atoms with Crippen LogP contribution < -0.4 is 17.7 Å². The van der Waals surface area contributed by atoms with Crippen molar-refractivity contribution in [3.05, 3.63) is 71.3 Å². The predicted octanol–water partition coefficient (Wildman–Crippen LogP) is 2.12. The van der Waals surface area contributed by atoms with Gasteiger partial charge in [0.05, 0.1) is 38.9 Å². The number of benzene rings is 2. The first-order chi connectivity index (χ1) is 14.6. The molecule has 0 unspecified atom stereocenters.